The van der Waals surface area contributed by atoms with E-state index in [4.69, 9.17) is 10.3 Å². The second-order valence-corrected chi connectivity index (χ2v) is 4.98. The van der Waals surface area contributed by atoms with Crippen molar-refractivity contribution in [2.75, 3.05) is 0 Å². The molecule has 0 bridgehead atoms. The molecule has 2 aromatic rings. The summed E-state index contributed by atoms with van der Waals surface area (Å²) in [5.74, 6) is 5.64. The Bertz CT molecular complexity index is 677. The Hall–Kier alpha value is -1.68. The normalized spacial score (nSPS) is 10.5. The molecule has 100 valence electrons. The molecule has 0 saturated carbocycles. The van der Waals surface area contributed by atoms with E-state index >= 15 is 0 Å². The van der Waals surface area contributed by atoms with Crippen molar-refractivity contribution in [3.05, 3.63) is 49.6 Å². The van der Waals surface area contributed by atoms with Crippen LogP contribution in [0.4, 0.5) is 0 Å². The van der Waals surface area contributed by atoms with E-state index < -0.39 is 5.91 Å². The highest BCUT2D eigenvalue weighted by Crippen LogP contribution is 2.09. The number of nitrogens with zero attached hydrogens (tertiary/aromatic N) is 2. The highest BCUT2D eigenvalue weighted by atomic mass is 127. The van der Waals surface area contributed by atoms with E-state index in [0.717, 1.165) is 0 Å². The molecular weight excluding hydrogens is 363 g/mol. The number of rotatable bonds is 3. The first kappa shape index (κ1) is 13.7. The van der Waals surface area contributed by atoms with Gasteiger partial charge in [-0.2, -0.15) is 0 Å². The molecule has 1 amide bonds. The van der Waals surface area contributed by atoms with Crippen LogP contribution in [0, 0.1) is 10.5 Å². The van der Waals surface area contributed by atoms with Gasteiger partial charge in [-0.1, -0.05) is 0 Å². The Morgan fingerprint density at radius 1 is 1.63 bits per heavy atom. The Labute approximate surface area is 121 Å². The molecule has 0 unspecified atom stereocenters. The van der Waals surface area contributed by atoms with Crippen LogP contribution in [0.2, 0.25) is 0 Å². The quantitative estimate of drug-likeness (QED) is 0.351. The first-order chi connectivity index (χ1) is 9.02. The van der Waals surface area contributed by atoms with Gasteiger partial charge in [-0.3, -0.25) is 19.6 Å². The lowest BCUT2D eigenvalue weighted by Gasteiger charge is -2.06. The lowest BCUT2D eigenvalue weighted by Crippen LogP contribution is -2.29. The van der Waals surface area contributed by atoms with Crippen LogP contribution < -0.4 is 16.8 Å². The van der Waals surface area contributed by atoms with Gasteiger partial charge in [0, 0.05) is 6.20 Å². The number of halogens is 1. The number of nitrogen functional groups attached to an aromatic ring is 1. The van der Waals surface area contributed by atoms with Crippen LogP contribution >= 0.6 is 22.6 Å². The van der Waals surface area contributed by atoms with Gasteiger partial charge >= 0.3 is 0 Å². The summed E-state index contributed by atoms with van der Waals surface area (Å²) < 4.78 is 7.23. The summed E-state index contributed by atoms with van der Waals surface area (Å²) in [6, 6.07) is 1.54. The second kappa shape index (κ2) is 5.53. The number of nitrogens with one attached hydrogen (secondary N) is 1. The zero-order valence-corrected chi connectivity index (χ0v) is 12.2. The van der Waals surface area contributed by atoms with Crippen molar-refractivity contribution in [2.45, 2.75) is 13.5 Å². The van der Waals surface area contributed by atoms with Gasteiger partial charge in [0.05, 0.1) is 15.7 Å². The van der Waals surface area contributed by atoms with Gasteiger partial charge in [-0.15, -0.1) is 0 Å². The number of hydrogen-bond acceptors (Lipinski definition) is 5. The number of nitrogens with two attached hydrogens (primary N) is 1. The van der Waals surface area contributed by atoms with Crippen LogP contribution in [0.3, 0.4) is 0 Å². The van der Waals surface area contributed by atoms with E-state index in [1.807, 2.05) is 28.0 Å². The number of hydrogen-bond donors (Lipinski definition) is 2. The molecule has 8 heteroatoms. The van der Waals surface area contributed by atoms with Gasteiger partial charge in [-0.25, -0.2) is 10.8 Å². The second-order valence-electron chi connectivity index (χ2n) is 3.82. The minimum atomic E-state index is -0.445. The SMILES string of the molecule is Cc1ncc(I)c(=O)n1Cc1cc(C(=O)NN)co1. The predicted molar refractivity (Wildman–Crippen MR) is 75.4 cm³/mol. The molecule has 19 heavy (non-hydrogen) atoms. The fourth-order valence-electron chi connectivity index (χ4n) is 1.56. The molecule has 0 aliphatic heterocycles. The van der Waals surface area contributed by atoms with Crippen molar-refractivity contribution < 1.29 is 9.21 Å². The summed E-state index contributed by atoms with van der Waals surface area (Å²) in [7, 11) is 0. The van der Waals surface area contributed by atoms with Gasteiger partial charge in [0.1, 0.15) is 17.8 Å². The lowest BCUT2D eigenvalue weighted by molar-refractivity contribution is 0.0953. The van der Waals surface area contributed by atoms with Crippen LogP contribution in [-0.4, -0.2) is 15.5 Å². The number of carbonyl (C=O) groups is 1. The van der Waals surface area contributed by atoms with E-state index in [9.17, 15) is 9.59 Å². The maximum Gasteiger partial charge on any atom is 0.268 e. The van der Waals surface area contributed by atoms with E-state index in [2.05, 4.69) is 4.98 Å². The zero-order valence-electron chi connectivity index (χ0n) is 10.0. The fraction of sp³-hybridized carbons (Fsp3) is 0.182. The van der Waals surface area contributed by atoms with Crippen molar-refractivity contribution in [3.8, 4) is 0 Å². The third kappa shape index (κ3) is 2.84. The predicted octanol–water partition coefficient (Wildman–Crippen LogP) is 0.401. The van der Waals surface area contributed by atoms with E-state index in [0.29, 0.717) is 20.7 Å². The van der Waals surface area contributed by atoms with Gasteiger partial charge < -0.3 is 4.42 Å². The molecule has 2 aromatic heterocycles. The summed E-state index contributed by atoms with van der Waals surface area (Å²) in [5.41, 5.74) is 2.17. The van der Waals surface area contributed by atoms with Crippen molar-refractivity contribution >= 4 is 28.5 Å². The maximum atomic E-state index is 12.0. The fourth-order valence-corrected chi connectivity index (χ4v) is 1.99. The molecule has 2 rings (SSSR count). The topological polar surface area (TPSA) is 103 Å². The molecule has 0 atom stereocenters. The summed E-state index contributed by atoms with van der Waals surface area (Å²) >= 11 is 1.92. The minimum absolute atomic E-state index is 0.144. The Morgan fingerprint density at radius 3 is 3.05 bits per heavy atom. The van der Waals surface area contributed by atoms with Crippen molar-refractivity contribution in [3.63, 3.8) is 0 Å². The molecular formula is C11H11IN4O3. The first-order valence-electron chi connectivity index (χ1n) is 5.33. The number of furan rings is 1. The smallest absolute Gasteiger partial charge is 0.268 e. The average molecular weight is 374 g/mol. The van der Waals surface area contributed by atoms with Crippen LogP contribution in [0.15, 0.2) is 27.7 Å². The summed E-state index contributed by atoms with van der Waals surface area (Å²) in [6.07, 6.45) is 2.81. The van der Waals surface area contributed by atoms with E-state index in [1.54, 1.807) is 6.92 Å². The molecule has 3 N–H and O–H groups in total. The van der Waals surface area contributed by atoms with Crippen molar-refractivity contribution in [2.24, 2.45) is 5.84 Å². The monoisotopic (exact) mass is 374 g/mol. The summed E-state index contributed by atoms with van der Waals surface area (Å²) in [4.78, 5) is 27.4. The molecule has 0 aromatic carbocycles. The van der Waals surface area contributed by atoms with Crippen LogP contribution in [0.1, 0.15) is 21.9 Å². The number of amides is 1. The third-order valence-corrected chi connectivity index (χ3v) is 3.31. The highest BCUT2D eigenvalue weighted by Gasteiger charge is 2.11. The number of aromatic nitrogens is 2. The molecule has 0 aliphatic rings. The Kier molecular flexibility index (Phi) is 4.00. The standard InChI is InChI=1S/C11H11IN4O3/c1-6-14-3-9(12)11(18)16(6)4-8-2-7(5-19-8)10(17)15-13/h2-3,5H,4,13H2,1H3,(H,15,17). The summed E-state index contributed by atoms with van der Waals surface area (Å²) in [5, 5.41) is 0. The van der Waals surface area contributed by atoms with Gasteiger partial charge in [0.15, 0.2) is 0 Å². The molecule has 0 aliphatic carbocycles. The van der Waals surface area contributed by atoms with E-state index in [1.165, 1.54) is 23.1 Å². The van der Waals surface area contributed by atoms with Gasteiger partial charge in [0.2, 0.25) is 0 Å². The van der Waals surface area contributed by atoms with Crippen LogP contribution in [0.25, 0.3) is 0 Å². The number of aryl methyl sites for hydroxylation is 1. The highest BCUT2D eigenvalue weighted by molar-refractivity contribution is 14.1. The molecule has 0 saturated heterocycles. The minimum Gasteiger partial charge on any atom is -0.467 e. The molecule has 0 spiro atoms. The molecule has 0 radical (unpaired) electrons. The Morgan fingerprint density at radius 2 is 2.37 bits per heavy atom. The largest absolute Gasteiger partial charge is 0.467 e. The van der Waals surface area contributed by atoms with E-state index in [-0.39, 0.29) is 12.1 Å². The van der Waals surface area contributed by atoms with Gasteiger partial charge in [0.25, 0.3) is 11.5 Å². The van der Waals surface area contributed by atoms with Crippen LogP contribution in [0.5, 0.6) is 0 Å². The molecule has 2 heterocycles. The lowest BCUT2D eigenvalue weighted by atomic mass is 10.3. The molecule has 7 nitrogen and oxygen atoms in total. The Balaban J connectivity index is 2.32. The van der Waals surface area contributed by atoms with Crippen LogP contribution in [-0.2, 0) is 6.54 Å². The third-order valence-electron chi connectivity index (χ3n) is 2.57. The van der Waals surface area contributed by atoms with Crippen molar-refractivity contribution in [1.29, 1.82) is 0 Å². The number of carbonyl (C=O) groups excluding carboxylic acids is 1. The van der Waals surface area contributed by atoms with Gasteiger partial charge in [-0.05, 0) is 35.6 Å². The first-order valence-corrected chi connectivity index (χ1v) is 6.41. The molecule has 0 fully saturated rings. The number of hydrazine groups is 1. The summed E-state index contributed by atoms with van der Waals surface area (Å²) in [6.45, 7) is 1.94. The average Bonchev–Trinajstić information content (AvgIpc) is 2.87. The van der Waals surface area contributed by atoms with Crippen molar-refractivity contribution in [1.82, 2.24) is 15.0 Å². The maximum absolute atomic E-state index is 12.0. The zero-order chi connectivity index (χ0) is 14.0.